The van der Waals surface area contributed by atoms with Crippen LogP contribution in [-0.2, 0) is 6.54 Å². The summed E-state index contributed by atoms with van der Waals surface area (Å²) in [5, 5.41) is 15.9. The van der Waals surface area contributed by atoms with Gasteiger partial charge in [0.2, 0.25) is 0 Å². The molecular weight excluding hydrogens is 218 g/mol. The van der Waals surface area contributed by atoms with Gasteiger partial charge in [0.05, 0.1) is 17.8 Å². The molecule has 0 aliphatic rings. The number of imide groups is 1. The van der Waals surface area contributed by atoms with E-state index in [9.17, 15) is 19.7 Å². The van der Waals surface area contributed by atoms with Crippen molar-refractivity contribution in [3.63, 3.8) is 0 Å². The second kappa shape index (κ2) is 4.38. The SMILES string of the molecule is CCn1cc(C(=O)NC(N)=O)c([N+](=O)[O-])n1. The second-order valence-electron chi connectivity index (χ2n) is 2.80. The second-order valence-corrected chi connectivity index (χ2v) is 2.80. The smallest absolute Gasteiger partial charge is 0.358 e. The fourth-order valence-electron chi connectivity index (χ4n) is 1.05. The largest absolute Gasteiger partial charge is 0.402 e. The van der Waals surface area contributed by atoms with Crippen LogP contribution in [0.2, 0.25) is 0 Å². The Morgan fingerprint density at radius 1 is 1.69 bits per heavy atom. The Morgan fingerprint density at radius 3 is 2.75 bits per heavy atom. The molecule has 3 amide bonds. The van der Waals surface area contributed by atoms with Crippen LogP contribution in [0.25, 0.3) is 0 Å². The molecule has 0 fully saturated rings. The summed E-state index contributed by atoms with van der Waals surface area (Å²) in [6.45, 7) is 2.07. The number of carbonyl (C=O) groups excluding carboxylic acids is 2. The number of carbonyl (C=O) groups is 2. The van der Waals surface area contributed by atoms with Gasteiger partial charge >= 0.3 is 11.8 Å². The standard InChI is InChI=1S/C7H9N5O4/c1-2-11-3-4(5(10-11)12(15)16)6(13)9-7(8)14/h3H,2H2,1H3,(H3,8,9,13,14). The van der Waals surface area contributed by atoms with Crippen molar-refractivity contribution in [3.05, 3.63) is 21.9 Å². The quantitative estimate of drug-likeness (QED) is 0.536. The minimum Gasteiger partial charge on any atom is -0.358 e. The summed E-state index contributed by atoms with van der Waals surface area (Å²) in [7, 11) is 0. The molecule has 1 aromatic rings. The van der Waals surface area contributed by atoms with Crippen molar-refractivity contribution in [1.29, 1.82) is 0 Å². The van der Waals surface area contributed by atoms with Crippen molar-refractivity contribution in [1.82, 2.24) is 15.1 Å². The van der Waals surface area contributed by atoms with Crippen molar-refractivity contribution in [2.45, 2.75) is 13.5 Å². The molecule has 0 saturated heterocycles. The molecule has 0 radical (unpaired) electrons. The molecule has 9 nitrogen and oxygen atoms in total. The average Bonchev–Trinajstić information content (AvgIpc) is 2.60. The molecule has 0 saturated carbocycles. The highest BCUT2D eigenvalue weighted by Crippen LogP contribution is 2.15. The molecule has 1 rings (SSSR count). The molecule has 0 aromatic carbocycles. The number of hydrogen-bond acceptors (Lipinski definition) is 5. The molecule has 0 atom stereocenters. The van der Waals surface area contributed by atoms with Crippen molar-refractivity contribution < 1.29 is 14.5 Å². The third-order valence-electron chi connectivity index (χ3n) is 1.72. The first-order valence-electron chi connectivity index (χ1n) is 4.28. The Hall–Kier alpha value is -2.45. The van der Waals surface area contributed by atoms with Crippen LogP contribution in [0.5, 0.6) is 0 Å². The first-order chi connectivity index (χ1) is 7.45. The third kappa shape index (κ3) is 2.32. The number of urea groups is 1. The highest BCUT2D eigenvalue weighted by molar-refractivity contribution is 6.05. The zero-order valence-electron chi connectivity index (χ0n) is 8.34. The number of nitrogens with one attached hydrogen (secondary N) is 1. The van der Waals surface area contributed by atoms with Crippen molar-refractivity contribution in [2.75, 3.05) is 0 Å². The lowest BCUT2D eigenvalue weighted by atomic mass is 10.3. The topological polar surface area (TPSA) is 133 Å². The first kappa shape index (κ1) is 11.6. The van der Waals surface area contributed by atoms with E-state index in [-0.39, 0.29) is 5.56 Å². The van der Waals surface area contributed by atoms with Gasteiger partial charge in [-0.05, 0) is 11.8 Å². The molecule has 0 aliphatic carbocycles. The lowest BCUT2D eigenvalue weighted by molar-refractivity contribution is -0.390. The van der Waals surface area contributed by atoms with E-state index < -0.39 is 22.7 Å². The Labute approximate surface area is 89.4 Å². The number of aromatic nitrogens is 2. The molecule has 9 heteroatoms. The Kier molecular flexibility index (Phi) is 3.18. The monoisotopic (exact) mass is 227 g/mol. The maximum atomic E-state index is 11.3. The van der Waals surface area contributed by atoms with Crippen LogP contribution in [0.4, 0.5) is 10.6 Å². The maximum Gasteiger partial charge on any atom is 0.402 e. The summed E-state index contributed by atoms with van der Waals surface area (Å²) in [5.41, 5.74) is 4.43. The fourth-order valence-corrected chi connectivity index (χ4v) is 1.05. The van der Waals surface area contributed by atoms with E-state index in [4.69, 9.17) is 5.73 Å². The van der Waals surface area contributed by atoms with Crippen molar-refractivity contribution in [2.24, 2.45) is 5.73 Å². The van der Waals surface area contributed by atoms with Gasteiger partial charge < -0.3 is 15.8 Å². The molecular formula is C7H9N5O4. The number of primary amides is 1. The first-order valence-corrected chi connectivity index (χ1v) is 4.28. The highest BCUT2D eigenvalue weighted by atomic mass is 16.6. The van der Waals surface area contributed by atoms with E-state index in [0.29, 0.717) is 6.54 Å². The average molecular weight is 227 g/mol. The van der Waals surface area contributed by atoms with Crippen LogP contribution in [-0.4, -0.2) is 26.6 Å². The zero-order chi connectivity index (χ0) is 12.3. The molecule has 1 heterocycles. The number of hydrogen-bond donors (Lipinski definition) is 2. The number of amides is 3. The van der Waals surface area contributed by atoms with Gasteiger partial charge in [0.25, 0.3) is 5.91 Å². The van der Waals surface area contributed by atoms with E-state index in [0.717, 1.165) is 0 Å². The van der Waals surface area contributed by atoms with Crippen LogP contribution >= 0.6 is 0 Å². The predicted molar refractivity (Wildman–Crippen MR) is 51.6 cm³/mol. The molecule has 3 N–H and O–H groups in total. The van der Waals surface area contributed by atoms with Crippen LogP contribution in [0.1, 0.15) is 17.3 Å². The van der Waals surface area contributed by atoms with E-state index in [1.54, 1.807) is 12.2 Å². The summed E-state index contributed by atoms with van der Waals surface area (Å²) in [6, 6.07) is -1.08. The van der Waals surface area contributed by atoms with E-state index in [1.165, 1.54) is 10.9 Å². The number of nitrogens with two attached hydrogens (primary N) is 1. The molecule has 16 heavy (non-hydrogen) atoms. The van der Waals surface area contributed by atoms with Gasteiger partial charge in [-0.15, -0.1) is 0 Å². The molecule has 86 valence electrons. The number of nitrogens with zero attached hydrogens (tertiary/aromatic N) is 3. The van der Waals surface area contributed by atoms with Gasteiger partial charge in [-0.3, -0.25) is 10.1 Å². The van der Waals surface area contributed by atoms with Crippen LogP contribution in [0, 0.1) is 10.1 Å². The summed E-state index contributed by atoms with van der Waals surface area (Å²) >= 11 is 0. The third-order valence-corrected chi connectivity index (χ3v) is 1.72. The summed E-state index contributed by atoms with van der Waals surface area (Å²) in [5.74, 6) is -1.56. The molecule has 0 spiro atoms. The van der Waals surface area contributed by atoms with Crippen molar-refractivity contribution >= 4 is 17.8 Å². The van der Waals surface area contributed by atoms with Gasteiger partial charge in [0, 0.05) is 0 Å². The number of rotatable bonds is 3. The lowest BCUT2D eigenvalue weighted by Crippen LogP contribution is -2.35. The van der Waals surface area contributed by atoms with Gasteiger partial charge in [-0.25, -0.2) is 4.79 Å². The minimum atomic E-state index is -1.08. The summed E-state index contributed by atoms with van der Waals surface area (Å²) in [4.78, 5) is 31.5. The normalized spacial score (nSPS) is 9.81. The van der Waals surface area contributed by atoms with Gasteiger partial charge in [-0.2, -0.15) is 4.68 Å². The fraction of sp³-hybridized carbons (Fsp3) is 0.286. The molecule has 1 aromatic heterocycles. The molecule has 0 unspecified atom stereocenters. The Morgan fingerprint density at radius 2 is 2.31 bits per heavy atom. The summed E-state index contributed by atoms with van der Waals surface area (Å²) < 4.78 is 1.22. The number of aryl methyl sites for hydroxylation is 1. The van der Waals surface area contributed by atoms with E-state index >= 15 is 0 Å². The highest BCUT2D eigenvalue weighted by Gasteiger charge is 2.26. The van der Waals surface area contributed by atoms with Crippen LogP contribution in [0.3, 0.4) is 0 Å². The number of nitro groups is 1. The molecule has 0 bridgehead atoms. The zero-order valence-corrected chi connectivity index (χ0v) is 8.34. The Bertz CT molecular complexity index is 452. The molecule has 0 aliphatic heterocycles. The summed E-state index contributed by atoms with van der Waals surface area (Å²) in [6.07, 6.45) is 1.18. The predicted octanol–water partition coefficient (Wildman–Crippen LogP) is -0.380. The lowest BCUT2D eigenvalue weighted by Gasteiger charge is -1.96. The maximum absolute atomic E-state index is 11.3. The van der Waals surface area contributed by atoms with Crippen LogP contribution < -0.4 is 11.1 Å². The van der Waals surface area contributed by atoms with Crippen molar-refractivity contribution in [3.8, 4) is 0 Å². The minimum absolute atomic E-state index is 0.300. The van der Waals surface area contributed by atoms with Gasteiger partial charge in [-0.1, -0.05) is 0 Å². The van der Waals surface area contributed by atoms with Gasteiger partial charge in [0.15, 0.2) is 5.56 Å². The van der Waals surface area contributed by atoms with E-state index in [1.807, 2.05) is 0 Å². The van der Waals surface area contributed by atoms with E-state index in [2.05, 4.69) is 5.10 Å². The van der Waals surface area contributed by atoms with Gasteiger partial charge in [0.1, 0.15) is 0 Å². The van der Waals surface area contributed by atoms with Crippen LogP contribution in [0.15, 0.2) is 6.20 Å². The Balaban J connectivity index is 3.10.